The van der Waals surface area contributed by atoms with Gasteiger partial charge in [0.05, 0.1) is 7.11 Å². The quantitative estimate of drug-likeness (QED) is 0.866. The molecule has 6 heteroatoms. The molecule has 0 saturated heterocycles. The van der Waals surface area contributed by atoms with Crippen molar-refractivity contribution in [2.75, 3.05) is 7.11 Å². The molecule has 3 rings (SSSR count). The third kappa shape index (κ3) is 1.71. The molecule has 2 aromatic rings. The summed E-state index contributed by atoms with van der Waals surface area (Å²) in [4.78, 5) is 11.6. The molecule has 0 aromatic carbocycles. The number of H-pyrrole nitrogens is 1. The minimum absolute atomic E-state index is 0.353. The average molecular weight is 264 g/mol. The van der Waals surface area contributed by atoms with Crippen molar-refractivity contribution in [3.05, 3.63) is 11.1 Å². The summed E-state index contributed by atoms with van der Waals surface area (Å²) in [5.41, 5.74) is 1.97. The Hall–Kier alpha value is -1.43. The fraction of sp³-hybridized carbons (Fsp3) is 0.583. The van der Waals surface area contributed by atoms with Crippen molar-refractivity contribution >= 4 is 23.4 Å². The van der Waals surface area contributed by atoms with Crippen LogP contribution in [0.15, 0.2) is 6.33 Å². The van der Waals surface area contributed by atoms with Crippen molar-refractivity contribution in [3.8, 4) is 5.88 Å². The second-order valence-electron chi connectivity index (χ2n) is 5.26. The molecule has 1 aliphatic carbocycles. The molecule has 0 unspecified atom stereocenters. The summed E-state index contributed by atoms with van der Waals surface area (Å²) < 4.78 is 7.98. The van der Waals surface area contributed by atoms with Gasteiger partial charge in [-0.25, -0.2) is 4.98 Å². The largest absolute Gasteiger partial charge is 0.479 e. The number of aromatic amines is 1. The SMILES string of the molecule is COc1ncnc2c1[nH]c(=S)n2CC1(C)CCC1. The van der Waals surface area contributed by atoms with Gasteiger partial charge in [0.15, 0.2) is 10.4 Å². The number of fused-ring (bicyclic) bond motifs is 1. The Kier molecular flexibility index (Phi) is 2.62. The fourth-order valence-corrected chi connectivity index (χ4v) is 2.82. The molecule has 18 heavy (non-hydrogen) atoms. The van der Waals surface area contributed by atoms with Gasteiger partial charge in [0.2, 0.25) is 5.88 Å². The van der Waals surface area contributed by atoms with E-state index in [1.807, 2.05) is 0 Å². The monoisotopic (exact) mass is 264 g/mol. The third-order valence-electron chi connectivity index (χ3n) is 3.82. The predicted molar refractivity (Wildman–Crippen MR) is 71.2 cm³/mol. The average Bonchev–Trinajstić information content (AvgIpc) is 2.64. The first-order valence-electron chi connectivity index (χ1n) is 6.10. The standard InChI is InChI=1S/C12H16N4OS/c1-12(4-3-5-12)6-16-9-8(15-11(16)18)10(17-2)14-7-13-9/h7H,3-6H2,1-2H3,(H,15,18). The van der Waals surface area contributed by atoms with Gasteiger partial charge in [-0.1, -0.05) is 13.3 Å². The lowest BCUT2D eigenvalue weighted by atomic mass is 9.70. The normalized spacial score (nSPS) is 17.7. The highest BCUT2D eigenvalue weighted by atomic mass is 32.1. The van der Waals surface area contributed by atoms with E-state index in [0.717, 1.165) is 17.7 Å². The molecule has 0 bridgehead atoms. The van der Waals surface area contributed by atoms with E-state index in [0.29, 0.717) is 16.1 Å². The van der Waals surface area contributed by atoms with Crippen LogP contribution in [0.2, 0.25) is 0 Å². The zero-order valence-corrected chi connectivity index (χ0v) is 11.4. The Morgan fingerprint density at radius 1 is 1.50 bits per heavy atom. The topological polar surface area (TPSA) is 55.7 Å². The third-order valence-corrected chi connectivity index (χ3v) is 4.14. The fourth-order valence-electron chi connectivity index (χ4n) is 2.57. The Morgan fingerprint density at radius 3 is 2.89 bits per heavy atom. The highest BCUT2D eigenvalue weighted by Crippen LogP contribution is 2.42. The number of methoxy groups -OCH3 is 1. The van der Waals surface area contributed by atoms with Gasteiger partial charge in [-0.2, -0.15) is 4.98 Å². The molecule has 1 saturated carbocycles. The molecular formula is C12H16N4OS. The van der Waals surface area contributed by atoms with Crippen LogP contribution >= 0.6 is 12.2 Å². The van der Waals surface area contributed by atoms with E-state index in [1.54, 1.807) is 7.11 Å². The summed E-state index contributed by atoms with van der Waals surface area (Å²) in [5, 5.41) is 0. The molecule has 1 N–H and O–H groups in total. The van der Waals surface area contributed by atoms with Crippen molar-refractivity contribution in [1.82, 2.24) is 19.5 Å². The van der Waals surface area contributed by atoms with Gasteiger partial charge < -0.3 is 14.3 Å². The van der Waals surface area contributed by atoms with E-state index < -0.39 is 0 Å². The molecule has 1 aliphatic rings. The van der Waals surface area contributed by atoms with Crippen LogP contribution in [0.4, 0.5) is 0 Å². The molecular weight excluding hydrogens is 248 g/mol. The van der Waals surface area contributed by atoms with E-state index >= 15 is 0 Å². The number of imidazole rings is 1. The van der Waals surface area contributed by atoms with Crippen molar-refractivity contribution in [1.29, 1.82) is 0 Å². The van der Waals surface area contributed by atoms with E-state index in [1.165, 1.54) is 25.6 Å². The second-order valence-corrected chi connectivity index (χ2v) is 5.65. The first-order valence-corrected chi connectivity index (χ1v) is 6.51. The smallest absolute Gasteiger partial charge is 0.242 e. The summed E-state index contributed by atoms with van der Waals surface area (Å²) in [6.45, 7) is 3.21. The van der Waals surface area contributed by atoms with Crippen LogP contribution in [0.3, 0.4) is 0 Å². The number of hydrogen-bond acceptors (Lipinski definition) is 4. The van der Waals surface area contributed by atoms with Crippen molar-refractivity contribution in [2.45, 2.75) is 32.7 Å². The zero-order chi connectivity index (χ0) is 12.8. The van der Waals surface area contributed by atoms with Gasteiger partial charge >= 0.3 is 0 Å². The Balaban J connectivity index is 2.11. The van der Waals surface area contributed by atoms with E-state index in [-0.39, 0.29) is 0 Å². The molecule has 0 amide bonds. The van der Waals surface area contributed by atoms with Gasteiger partial charge in [0.25, 0.3) is 0 Å². The lowest BCUT2D eigenvalue weighted by Crippen LogP contribution is -2.30. The predicted octanol–water partition coefficient (Wildman–Crippen LogP) is 2.69. The molecule has 96 valence electrons. The molecule has 2 aromatic heterocycles. The summed E-state index contributed by atoms with van der Waals surface area (Å²) in [6.07, 6.45) is 5.33. The van der Waals surface area contributed by atoms with Crippen molar-refractivity contribution < 1.29 is 4.74 Å². The summed E-state index contributed by atoms with van der Waals surface area (Å²) in [5.74, 6) is 0.545. The first-order chi connectivity index (χ1) is 8.63. The van der Waals surface area contributed by atoms with Crippen molar-refractivity contribution in [3.63, 3.8) is 0 Å². The first kappa shape index (κ1) is 11.6. The zero-order valence-electron chi connectivity index (χ0n) is 10.6. The Morgan fingerprint density at radius 2 is 2.28 bits per heavy atom. The van der Waals surface area contributed by atoms with Gasteiger partial charge in [-0.3, -0.25) is 0 Å². The maximum atomic E-state index is 5.38. The van der Waals surface area contributed by atoms with Gasteiger partial charge in [0.1, 0.15) is 11.8 Å². The highest BCUT2D eigenvalue weighted by Gasteiger charge is 2.33. The lowest BCUT2D eigenvalue weighted by molar-refractivity contribution is 0.133. The molecule has 2 heterocycles. The number of nitrogens with one attached hydrogen (secondary N) is 1. The summed E-state index contributed by atoms with van der Waals surface area (Å²) in [7, 11) is 1.60. The number of ether oxygens (including phenoxy) is 1. The van der Waals surface area contributed by atoms with Crippen molar-refractivity contribution in [2.24, 2.45) is 5.41 Å². The maximum Gasteiger partial charge on any atom is 0.242 e. The molecule has 0 atom stereocenters. The van der Waals surface area contributed by atoms with Gasteiger partial charge in [-0.15, -0.1) is 0 Å². The van der Waals surface area contributed by atoms with Crippen LogP contribution in [-0.4, -0.2) is 26.6 Å². The summed E-state index contributed by atoms with van der Waals surface area (Å²) in [6, 6.07) is 0. The van der Waals surface area contributed by atoms with Gasteiger partial charge in [0, 0.05) is 6.54 Å². The van der Waals surface area contributed by atoms with E-state index in [9.17, 15) is 0 Å². The Bertz CT molecular complexity index is 641. The maximum absolute atomic E-state index is 5.38. The number of rotatable bonds is 3. The van der Waals surface area contributed by atoms with Crippen LogP contribution in [0.25, 0.3) is 11.2 Å². The molecule has 5 nitrogen and oxygen atoms in total. The van der Waals surface area contributed by atoms with Crippen LogP contribution < -0.4 is 4.74 Å². The minimum atomic E-state index is 0.353. The van der Waals surface area contributed by atoms with Crippen LogP contribution in [-0.2, 0) is 6.54 Å². The molecule has 0 aliphatic heterocycles. The number of aromatic nitrogens is 4. The molecule has 0 radical (unpaired) electrons. The van der Waals surface area contributed by atoms with Crippen LogP contribution in [0.5, 0.6) is 5.88 Å². The summed E-state index contributed by atoms with van der Waals surface area (Å²) >= 11 is 5.38. The number of nitrogens with zero attached hydrogens (tertiary/aromatic N) is 3. The van der Waals surface area contributed by atoms with E-state index in [4.69, 9.17) is 17.0 Å². The van der Waals surface area contributed by atoms with Crippen LogP contribution in [0, 0.1) is 10.2 Å². The lowest BCUT2D eigenvalue weighted by Gasteiger charge is -2.38. The number of hydrogen-bond donors (Lipinski definition) is 1. The van der Waals surface area contributed by atoms with Gasteiger partial charge in [-0.05, 0) is 30.5 Å². The Labute approximate surface area is 110 Å². The molecule has 0 spiro atoms. The second kappa shape index (κ2) is 4.05. The minimum Gasteiger partial charge on any atom is -0.479 e. The highest BCUT2D eigenvalue weighted by molar-refractivity contribution is 7.71. The molecule has 1 fully saturated rings. The van der Waals surface area contributed by atoms with Crippen LogP contribution in [0.1, 0.15) is 26.2 Å². The van der Waals surface area contributed by atoms with E-state index in [2.05, 4.69) is 26.4 Å².